The summed E-state index contributed by atoms with van der Waals surface area (Å²) in [4.78, 5) is 5.64. The van der Waals surface area contributed by atoms with E-state index in [1.165, 1.54) is 10.4 Å². The highest BCUT2D eigenvalue weighted by Crippen LogP contribution is 2.20. The van der Waals surface area contributed by atoms with Crippen molar-refractivity contribution in [3.63, 3.8) is 0 Å². The summed E-state index contributed by atoms with van der Waals surface area (Å²) in [7, 11) is 0. The van der Waals surface area contributed by atoms with Gasteiger partial charge in [-0.2, -0.15) is 5.10 Å². The first-order chi connectivity index (χ1) is 9.52. The fourth-order valence-electron chi connectivity index (χ4n) is 2.22. The Morgan fingerprint density at radius 1 is 1.40 bits per heavy atom. The van der Waals surface area contributed by atoms with Crippen LogP contribution in [0.2, 0.25) is 0 Å². The number of hydrogen-bond donors (Lipinski definition) is 2. The van der Waals surface area contributed by atoms with Gasteiger partial charge in [0.1, 0.15) is 5.01 Å². The molecule has 0 radical (unpaired) electrons. The third kappa shape index (κ3) is 3.26. The van der Waals surface area contributed by atoms with E-state index < -0.39 is 0 Å². The van der Waals surface area contributed by atoms with E-state index in [0.29, 0.717) is 6.54 Å². The maximum absolute atomic E-state index is 9.03. The predicted octanol–water partition coefficient (Wildman–Crippen LogP) is 2.11. The lowest BCUT2D eigenvalue weighted by Crippen LogP contribution is -2.18. The van der Waals surface area contributed by atoms with Gasteiger partial charge >= 0.3 is 0 Å². The lowest BCUT2D eigenvalue weighted by Gasteiger charge is -2.11. The summed E-state index contributed by atoms with van der Waals surface area (Å²) in [5.41, 5.74) is 3.34. The fraction of sp³-hybridized carbons (Fsp3) is 0.571. The summed E-state index contributed by atoms with van der Waals surface area (Å²) >= 11 is 1.73. The van der Waals surface area contributed by atoms with E-state index >= 15 is 0 Å². The summed E-state index contributed by atoms with van der Waals surface area (Å²) in [6, 6.07) is 0.230. The van der Waals surface area contributed by atoms with Crippen molar-refractivity contribution in [1.82, 2.24) is 20.1 Å². The number of aryl methyl sites for hydroxylation is 2. The zero-order chi connectivity index (χ0) is 14.7. The zero-order valence-electron chi connectivity index (χ0n) is 12.5. The van der Waals surface area contributed by atoms with Gasteiger partial charge in [0.2, 0.25) is 0 Å². The van der Waals surface area contributed by atoms with Crippen molar-refractivity contribution in [1.29, 1.82) is 0 Å². The number of aliphatic hydroxyl groups excluding tert-OH is 1. The SMILES string of the molecule is Cc1cnc(C(C)NCc2c(C)nn(CCO)c2C)s1. The Morgan fingerprint density at radius 3 is 2.75 bits per heavy atom. The first kappa shape index (κ1) is 15.2. The molecule has 1 unspecified atom stereocenters. The lowest BCUT2D eigenvalue weighted by molar-refractivity contribution is 0.267. The fourth-order valence-corrected chi connectivity index (χ4v) is 3.02. The molecule has 0 spiro atoms. The lowest BCUT2D eigenvalue weighted by atomic mass is 10.2. The average Bonchev–Trinajstić information content (AvgIpc) is 2.94. The van der Waals surface area contributed by atoms with Gasteiger partial charge in [0.25, 0.3) is 0 Å². The van der Waals surface area contributed by atoms with Gasteiger partial charge in [-0.05, 0) is 27.7 Å². The molecule has 1 atom stereocenters. The normalized spacial score (nSPS) is 12.8. The molecule has 0 bridgehead atoms. The number of rotatable bonds is 6. The van der Waals surface area contributed by atoms with E-state index in [9.17, 15) is 0 Å². The summed E-state index contributed by atoms with van der Waals surface area (Å²) in [5, 5.41) is 18.1. The Bertz CT molecular complexity index is 576. The molecule has 0 aliphatic heterocycles. The van der Waals surface area contributed by atoms with Crippen LogP contribution in [-0.4, -0.2) is 26.5 Å². The van der Waals surface area contributed by atoms with E-state index in [1.807, 2.05) is 24.7 Å². The predicted molar refractivity (Wildman–Crippen MR) is 80.9 cm³/mol. The van der Waals surface area contributed by atoms with Gasteiger partial charge in [0, 0.05) is 28.9 Å². The van der Waals surface area contributed by atoms with Crippen molar-refractivity contribution in [3.8, 4) is 0 Å². The van der Waals surface area contributed by atoms with Crippen LogP contribution in [0.25, 0.3) is 0 Å². The first-order valence-corrected chi connectivity index (χ1v) is 7.64. The molecule has 2 rings (SSSR count). The molecule has 0 fully saturated rings. The Kier molecular flexibility index (Phi) is 4.91. The molecule has 110 valence electrons. The second-order valence-electron chi connectivity index (χ2n) is 5.01. The number of nitrogens with zero attached hydrogens (tertiary/aromatic N) is 3. The minimum absolute atomic E-state index is 0.115. The van der Waals surface area contributed by atoms with E-state index in [0.717, 1.165) is 22.9 Å². The highest BCUT2D eigenvalue weighted by molar-refractivity contribution is 7.11. The molecule has 2 N–H and O–H groups in total. The van der Waals surface area contributed by atoms with Crippen LogP contribution in [-0.2, 0) is 13.1 Å². The van der Waals surface area contributed by atoms with Crippen molar-refractivity contribution in [2.24, 2.45) is 0 Å². The van der Waals surface area contributed by atoms with Crippen LogP contribution in [0.15, 0.2) is 6.20 Å². The Hall–Kier alpha value is -1.24. The third-order valence-corrected chi connectivity index (χ3v) is 4.53. The van der Waals surface area contributed by atoms with Gasteiger partial charge in [-0.3, -0.25) is 4.68 Å². The average molecular weight is 294 g/mol. The minimum atomic E-state index is 0.115. The molecule has 20 heavy (non-hydrogen) atoms. The highest BCUT2D eigenvalue weighted by Gasteiger charge is 2.14. The van der Waals surface area contributed by atoms with Crippen molar-refractivity contribution < 1.29 is 5.11 Å². The molecule has 2 heterocycles. The van der Waals surface area contributed by atoms with E-state index in [1.54, 1.807) is 11.3 Å². The van der Waals surface area contributed by atoms with Crippen LogP contribution < -0.4 is 5.32 Å². The van der Waals surface area contributed by atoms with Crippen LogP contribution in [0, 0.1) is 20.8 Å². The van der Waals surface area contributed by atoms with E-state index in [4.69, 9.17) is 5.11 Å². The summed E-state index contributed by atoms with van der Waals surface area (Å²) in [6.45, 7) is 9.68. The Balaban J connectivity index is 2.03. The zero-order valence-corrected chi connectivity index (χ0v) is 13.3. The number of aliphatic hydroxyl groups is 1. The summed E-state index contributed by atoms with van der Waals surface area (Å²) < 4.78 is 1.87. The molecule has 0 saturated heterocycles. The molecule has 5 nitrogen and oxygen atoms in total. The smallest absolute Gasteiger partial charge is 0.109 e. The van der Waals surface area contributed by atoms with Crippen LogP contribution >= 0.6 is 11.3 Å². The largest absolute Gasteiger partial charge is 0.394 e. The van der Waals surface area contributed by atoms with E-state index in [-0.39, 0.29) is 12.6 Å². The molecule has 0 aliphatic rings. The Labute approximate surface area is 123 Å². The topological polar surface area (TPSA) is 63.0 Å². The summed E-state index contributed by atoms with van der Waals surface area (Å²) in [5.74, 6) is 0. The van der Waals surface area contributed by atoms with Crippen molar-refractivity contribution in [3.05, 3.63) is 33.0 Å². The van der Waals surface area contributed by atoms with E-state index in [2.05, 4.69) is 29.2 Å². The van der Waals surface area contributed by atoms with Crippen LogP contribution in [0.5, 0.6) is 0 Å². The van der Waals surface area contributed by atoms with Crippen LogP contribution in [0.1, 0.15) is 39.8 Å². The number of thiazole rings is 1. The maximum atomic E-state index is 9.03. The van der Waals surface area contributed by atoms with Crippen LogP contribution in [0.3, 0.4) is 0 Å². The van der Waals surface area contributed by atoms with Gasteiger partial charge in [0.05, 0.1) is 24.9 Å². The number of hydrogen-bond acceptors (Lipinski definition) is 5. The standard InChI is InChI=1S/C14H22N4OS/c1-9-7-16-14(20-9)11(3)15-8-13-10(2)17-18(5-6-19)12(13)4/h7,11,15,19H,5-6,8H2,1-4H3. The molecule has 0 aliphatic carbocycles. The second-order valence-corrected chi connectivity index (χ2v) is 6.27. The number of aromatic nitrogens is 3. The first-order valence-electron chi connectivity index (χ1n) is 6.82. The highest BCUT2D eigenvalue weighted by atomic mass is 32.1. The maximum Gasteiger partial charge on any atom is 0.109 e. The molecule has 0 aromatic carbocycles. The molecule has 0 saturated carbocycles. The van der Waals surface area contributed by atoms with Crippen molar-refractivity contribution in [2.75, 3.05) is 6.61 Å². The summed E-state index contributed by atoms with van der Waals surface area (Å²) in [6.07, 6.45) is 1.91. The molecular formula is C14H22N4OS. The van der Waals surface area contributed by atoms with Gasteiger partial charge in [-0.1, -0.05) is 0 Å². The molecule has 0 amide bonds. The molecule has 2 aromatic heterocycles. The molecule has 2 aromatic rings. The van der Waals surface area contributed by atoms with Crippen molar-refractivity contribution >= 4 is 11.3 Å². The monoisotopic (exact) mass is 294 g/mol. The molecule has 6 heteroatoms. The quantitative estimate of drug-likeness (QED) is 0.856. The third-order valence-electron chi connectivity index (χ3n) is 3.44. The van der Waals surface area contributed by atoms with Crippen molar-refractivity contribution in [2.45, 2.75) is 46.8 Å². The van der Waals surface area contributed by atoms with Gasteiger partial charge in [-0.25, -0.2) is 4.98 Å². The second kappa shape index (κ2) is 6.47. The Morgan fingerprint density at radius 2 is 2.15 bits per heavy atom. The minimum Gasteiger partial charge on any atom is -0.394 e. The van der Waals surface area contributed by atoms with Gasteiger partial charge in [-0.15, -0.1) is 11.3 Å². The van der Waals surface area contributed by atoms with Gasteiger partial charge < -0.3 is 10.4 Å². The molecular weight excluding hydrogens is 272 g/mol. The van der Waals surface area contributed by atoms with Gasteiger partial charge in [0.15, 0.2) is 0 Å². The van der Waals surface area contributed by atoms with Crippen LogP contribution in [0.4, 0.5) is 0 Å². The number of nitrogens with one attached hydrogen (secondary N) is 1.